The number of hydrogen-bond donors (Lipinski definition) is 0. The third kappa shape index (κ3) is 4.78. The van der Waals surface area contributed by atoms with E-state index < -0.39 is 0 Å². The molecule has 0 aliphatic carbocycles. The normalized spacial score (nSPS) is 10.1. The molecule has 0 bridgehead atoms. The zero-order chi connectivity index (χ0) is 13.2. The lowest BCUT2D eigenvalue weighted by Gasteiger charge is -2.21. The van der Waals surface area contributed by atoms with Crippen molar-refractivity contribution >= 4 is 11.8 Å². The van der Waals surface area contributed by atoms with Gasteiger partial charge in [-0.2, -0.15) is 0 Å². The lowest BCUT2D eigenvalue weighted by Crippen LogP contribution is -2.32. The lowest BCUT2D eigenvalue weighted by atomic mass is 10.2. The van der Waals surface area contributed by atoms with Gasteiger partial charge >= 0.3 is 6.09 Å². The molecule has 1 aromatic carbocycles. The van der Waals surface area contributed by atoms with Crippen molar-refractivity contribution in [2.24, 2.45) is 0 Å². The molecular formula is C15H23NO2. The highest BCUT2D eigenvalue weighted by Gasteiger charge is 2.15. The molecule has 0 N–H and O–H groups in total. The third-order valence-corrected chi connectivity index (χ3v) is 2.79. The first-order valence-electron chi connectivity index (χ1n) is 6.79. The van der Waals surface area contributed by atoms with Crippen LogP contribution >= 0.6 is 0 Å². The van der Waals surface area contributed by atoms with Crippen LogP contribution in [0.5, 0.6) is 0 Å². The van der Waals surface area contributed by atoms with Gasteiger partial charge < -0.3 is 4.74 Å². The molecule has 1 amide bonds. The Hall–Kier alpha value is -1.51. The molecule has 3 nitrogen and oxygen atoms in total. The zero-order valence-electron chi connectivity index (χ0n) is 11.4. The Kier molecular flexibility index (Phi) is 6.92. The molecule has 100 valence electrons. The van der Waals surface area contributed by atoms with Crippen molar-refractivity contribution in [1.82, 2.24) is 0 Å². The quantitative estimate of drug-likeness (QED) is 0.677. The fourth-order valence-corrected chi connectivity index (χ4v) is 1.83. The molecule has 18 heavy (non-hydrogen) atoms. The van der Waals surface area contributed by atoms with Gasteiger partial charge in [0.2, 0.25) is 0 Å². The Morgan fingerprint density at radius 2 is 1.83 bits per heavy atom. The summed E-state index contributed by atoms with van der Waals surface area (Å²) in [7, 11) is 0. The Bertz CT molecular complexity index is 338. The van der Waals surface area contributed by atoms with Crippen molar-refractivity contribution in [3.05, 3.63) is 30.3 Å². The number of amides is 1. The van der Waals surface area contributed by atoms with Gasteiger partial charge in [0, 0.05) is 12.2 Å². The van der Waals surface area contributed by atoms with E-state index in [2.05, 4.69) is 6.92 Å². The minimum atomic E-state index is -0.250. The second-order valence-electron chi connectivity index (χ2n) is 4.25. The maximum absolute atomic E-state index is 11.9. The fraction of sp³-hybridized carbons (Fsp3) is 0.533. The second-order valence-corrected chi connectivity index (χ2v) is 4.25. The summed E-state index contributed by atoms with van der Waals surface area (Å²) in [4.78, 5) is 13.6. The van der Waals surface area contributed by atoms with Gasteiger partial charge in [-0.3, -0.25) is 4.90 Å². The Morgan fingerprint density at radius 3 is 2.44 bits per heavy atom. The van der Waals surface area contributed by atoms with Crippen LogP contribution in [0.2, 0.25) is 0 Å². The van der Waals surface area contributed by atoms with Crippen molar-refractivity contribution in [2.45, 2.75) is 39.5 Å². The van der Waals surface area contributed by atoms with Gasteiger partial charge in [-0.05, 0) is 25.5 Å². The van der Waals surface area contributed by atoms with Gasteiger partial charge in [0.25, 0.3) is 0 Å². The van der Waals surface area contributed by atoms with E-state index >= 15 is 0 Å². The van der Waals surface area contributed by atoms with Crippen molar-refractivity contribution in [2.75, 3.05) is 18.1 Å². The first kappa shape index (κ1) is 14.6. The summed E-state index contributed by atoms with van der Waals surface area (Å²) in [5.41, 5.74) is 0.910. The fourth-order valence-electron chi connectivity index (χ4n) is 1.83. The first-order valence-corrected chi connectivity index (χ1v) is 6.79. The van der Waals surface area contributed by atoms with Crippen molar-refractivity contribution in [3.8, 4) is 0 Å². The maximum atomic E-state index is 11.9. The van der Waals surface area contributed by atoms with E-state index in [1.165, 1.54) is 12.8 Å². The van der Waals surface area contributed by atoms with Gasteiger partial charge in [-0.25, -0.2) is 4.79 Å². The molecule has 0 atom stereocenters. The average Bonchev–Trinajstić information content (AvgIpc) is 2.40. The van der Waals surface area contributed by atoms with Crippen LogP contribution in [0.3, 0.4) is 0 Å². The molecule has 0 unspecified atom stereocenters. The molecule has 0 fully saturated rings. The van der Waals surface area contributed by atoms with Gasteiger partial charge in [0.1, 0.15) is 0 Å². The Labute approximate surface area is 110 Å². The Balaban J connectivity index is 2.61. The minimum Gasteiger partial charge on any atom is -0.449 e. The van der Waals surface area contributed by atoms with E-state index in [1.54, 1.807) is 4.90 Å². The molecule has 3 heteroatoms. The van der Waals surface area contributed by atoms with Crippen molar-refractivity contribution < 1.29 is 9.53 Å². The molecular weight excluding hydrogens is 226 g/mol. The predicted octanol–water partition coefficient (Wildman–Crippen LogP) is 4.23. The van der Waals surface area contributed by atoms with Crippen LogP contribution in [-0.4, -0.2) is 19.2 Å². The topological polar surface area (TPSA) is 29.5 Å². The summed E-state index contributed by atoms with van der Waals surface area (Å²) < 4.78 is 5.10. The number of unbranched alkanes of at least 4 members (excludes halogenated alkanes) is 3. The number of carbonyl (C=O) groups excluding carboxylic acids is 1. The summed E-state index contributed by atoms with van der Waals surface area (Å²) >= 11 is 0. The number of anilines is 1. The average molecular weight is 249 g/mol. The van der Waals surface area contributed by atoms with Gasteiger partial charge in [-0.15, -0.1) is 0 Å². The number of carbonyl (C=O) groups is 1. The number of rotatable bonds is 7. The number of benzene rings is 1. The third-order valence-electron chi connectivity index (χ3n) is 2.79. The molecule has 1 rings (SSSR count). The largest absolute Gasteiger partial charge is 0.449 e. The number of ether oxygens (including phenoxy) is 1. The van der Waals surface area contributed by atoms with E-state index in [-0.39, 0.29) is 6.09 Å². The summed E-state index contributed by atoms with van der Waals surface area (Å²) in [6, 6.07) is 9.71. The lowest BCUT2D eigenvalue weighted by molar-refractivity contribution is 0.159. The summed E-state index contributed by atoms with van der Waals surface area (Å²) in [5, 5.41) is 0. The minimum absolute atomic E-state index is 0.250. The summed E-state index contributed by atoms with van der Waals surface area (Å²) in [5.74, 6) is 0. The molecule has 0 aliphatic rings. The van der Waals surface area contributed by atoms with Gasteiger partial charge in [0.15, 0.2) is 0 Å². The molecule has 0 saturated carbocycles. The molecule has 0 saturated heterocycles. The van der Waals surface area contributed by atoms with Crippen LogP contribution in [-0.2, 0) is 4.74 Å². The van der Waals surface area contributed by atoms with E-state index in [4.69, 9.17) is 4.74 Å². The van der Waals surface area contributed by atoms with Crippen LogP contribution in [0.15, 0.2) is 30.3 Å². The highest BCUT2D eigenvalue weighted by molar-refractivity contribution is 5.87. The first-order chi connectivity index (χ1) is 8.79. The summed E-state index contributed by atoms with van der Waals surface area (Å²) in [6.07, 6.45) is 4.33. The van der Waals surface area contributed by atoms with E-state index in [0.717, 1.165) is 25.1 Å². The highest BCUT2D eigenvalue weighted by Crippen LogP contribution is 2.16. The molecule has 0 aliphatic heterocycles. The van der Waals surface area contributed by atoms with Crippen LogP contribution < -0.4 is 4.90 Å². The molecule has 0 aromatic heterocycles. The Morgan fingerprint density at radius 1 is 1.11 bits per heavy atom. The smallest absolute Gasteiger partial charge is 0.414 e. The van der Waals surface area contributed by atoms with Crippen LogP contribution in [0, 0.1) is 0 Å². The second kappa shape index (κ2) is 8.56. The van der Waals surface area contributed by atoms with Gasteiger partial charge in [-0.1, -0.05) is 44.4 Å². The summed E-state index contributed by atoms with van der Waals surface area (Å²) in [6.45, 7) is 5.15. The van der Waals surface area contributed by atoms with E-state index in [1.807, 2.05) is 37.3 Å². The number of hydrogen-bond acceptors (Lipinski definition) is 2. The predicted molar refractivity (Wildman–Crippen MR) is 75.0 cm³/mol. The molecule has 1 aromatic rings. The monoisotopic (exact) mass is 249 g/mol. The van der Waals surface area contributed by atoms with Crippen molar-refractivity contribution in [3.63, 3.8) is 0 Å². The maximum Gasteiger partial charge on any atom is 0.414 e. The standard InChI is InChI=1S/C15H23NO2/c1-3-5-6-10-13-16(15(17)18-4-2)14-11-8-7-9-12-14/h7-9,11-12H,3-6,10,13H2,1-2H3. The van der Waals surface area contributed by atoms with Crippen LogP contribution in [0.4, 0.5) is 10.5 Å². The number of nitrogens with zero attached hydrogens (tertiary/aromatic N) is 1. The van der Waals surface area contributed by atoms with Crippen LogP contribution in [0.25, 0.3) is 0 Å². The zero-order valence-corrected chi connectivity index (χ0v) is 11.4. The van der Waals surface area contributed by atoms with E-state index in [9.17, 15) is 4.79 Å². The van der Waals surface area contributed by atoms with Crippen molar-refractivity contribution in [1.29, 1.82) is 0 Å². The highest BCUT2D eigenvalue weighted by atomic mass is 16.6. The van der Waals surface area contributed by atoms with Crippen LogP contribution in [0.1, 0.15) is 39.5 Å². The SMILES string of the molecule is CCCCCCN(C(=O)OCC)c1ccccc1. The van der Waals surface area contributed by atoms with E-state index in [0.29, 0.717) is 6.61 Å². The molecule has 0 spiro atoms. The van der Waals surface area contributed by atoms with Gasteiger partial charge in [0.05, 0.1) is 6.61 Å². The molecule has 0 heterocycles. The number of para-hydroxylation sites is 1. The molecule has 0 radical (unpaired) electrons.